The number of halogens is 1. The Morgan fingerprint density at radius 3 is 2.55 bits per heavy atom. The monoisotopic (exact) mass is 515 g/mol. The smallest absolute Gasteiger partial charge is 0.319 e. The maximum absolute atomic E-state index is 12.4. The van der Waals surface area contributed by atoms with Crippen LogP contribution in [0.4, 0.5) is 22.2 Å². The molecule has 0 unspecified atom stereocenters. The maximum Gasteiger partial charge on any atom is 0.319 e. The number of benzene rings is 1. The zero-order valence-electron chi connectivity index (χ0n) is 19.5. The van der Waals surface area contributed by atoms with Gasteiger partial charge in [-0.15, -0.1) is 0 Å². The second-order valence-electron chi connectivity index (χ2n) is 9.23. The van der Waals surface area contributed by atoms with Gasteiger partial charge in [0.25, 0.3) is 0 Å². The van der Waals surface area contributed by atoms with Crippen molar-refractivity contribution in [3.63, 3.8) is 0 Å². The molecule has 0 bridgehead atoms. The molecule has 9 heteroatoms. The van der Waals surface area contributed by atoms with Gasteiger partial charge in [0.05, 0.1) is 11.4 Å². The van der Waals surface area contributed by atoms with Crippen LogP contribution in [0.15, 0.2) is 22.7 Å². The zero-order chi connectivity index (χ0) is 23.5. The van der Waals surface area contributed by atoms with Gasteiger partial charge in [-0.05, 0) is 75.1 Å². The first-order valence-electron chi connectivity index (χ1n) is 11.8. The zero-order valence-corrected chi connectivity index (χ0v) is 21.1. The van der Waals surface area contributed by atoms with Gasteiger partial charge >= 0.3 is 6.03 Å². The van der Waals surface area contributed by atoms with Crippen molar-refractivity contribution in [3.05, 3.63) is 39.5 Å². The molecular formula is C24H34BrN7O. The van der Waals surface area contributed by atoms with Crippen LogP contribution in [-0.4, -0.2) is 42.2 Å². The number of fused-ring (bicyclic) bond motifs is 1. The number of carbonyl (C=O) groups is 1. The molecule has 33 heavy (non-hydrogen) atoms. The number of rotatable bonds is 6. The van der Waals surface area contributed by atoms with E-state index >= 15 is 0 Å². The van der Waals surface area contributed by atoms with Crippen LogP contribution in [0.2, 0.25) is 0 Å². The minimum Gasteiger partial charge on any atom is -0.362 e. The summed E-state index contributed by atoms with van der Waals surface area (Å²) in [6, 6.07) is 5.68. The molecule has 5 N–H and O–H groups in total. The van der Waals surface area contributed by atoms with Crippen molar-refractivity contribution in [1.82, 2.24) is 9.97 Å². The first kappa shape index (κ1) is 23.8. The van der Waals surface area contributed by atoms with E-state index in [1.165, 1.54) is 24.1 Å². The Labute approximate surface area is 204 Å². The third-order valence-corrected chi connectivity index (χ3v) is 7.23. The fourth-order valence-corrected chi connectivity index (χ4v) is 5.53. The summed E-state index contributed by atoms with van der Waals surface area (Å²) >= 11 is 3.48. The molecule has 2 aliphatic carbocycles. The molecule has 0 aliphatic heterocycles. The van der Waals surface area contributed by atoms with Crippen LogP contribution < -0.4 is 26.6 Å². The highest BCUT2D eigenvalue weighted by Gasteiger charge is 2.31. The highest BCUT2D eigenvalue weighted by molar-refractivity contribution is 9.10. The van der Waals surface area contributed by atoms with E-state index in [2.05, 4.69) is 26.1 Å². The molecule has 2 aliphatic rings. The van der Waals surface area contributed by atoms with Crippen molar-refractivity contribution in [3.8, 4) is 0 Å². The van der Waals surface area contributed by atoms with Crippen LogP contribution in [0.5, 0.6) is 0 Å². The quantitative estimate of drug-likeness (QED) is 0.536. The molecule has 4 rings (SSSR count). The molecule has 1 saturated carbocycles. The molecular weight excluding hydrogens is 482 g/mol. The van der Waals surface area contributed by atoms with Crippen LogP contribution in [0.1, 0.15) is 55.3 Å². The number of aryl methyl sites for hydroxylation is 1. The summed E-state index contributed by atoms with van der Waals surface area (Å²) in [5.74, 6) is 1.74. The van der Waals surface area contributed by atoms with Gasteiger partial charge in [-0.3, -0.25) is 4.90 Å². The lowest BCUT2D eigenvalue weighted by atomic mass is 9.89. The molecule has 1 fully saturated rings. The SMILES string of the molecule is CN(C)c1nc(N[C@H]2CC[C@@H](N(C(N)=O)c3ccc(Br)cc3CN)CC2)nc2c1CCCC2. The number of hydrogen-bond donors (Lipinski definition) is 3. The number of anilines is 3. The van der Waals surface area contributed by atoms with Gasteiger partial charge in [0.15, 0.2) is 0 Å². The second-order valence-corrected chi connectivity index (χ2v) is 10.1. The third-order valence-electron chi connectivity index (χ3n) is 6.74. The normalized spacial score (nSPS) is 20.1. The number of nitrogens with two attached hydrogens (primary N) is 2. The van der Waals surface area contributed by atoms with Crippen molar-refractivity contribution in [2.45, 2.75) is 70.0 Å². The first-order valence-corrected chi connectivity index (χ1v) is 12.6. The predicted octanol–water partition coefficient (Wildman–Crippen LogP) is 3.95. The standard InChI is InChI=1S/C24H34BrN7O/c1-31(2)22-19-5-3-4-6-20(19)29-24(30-22)28-17-8-10-18(11-9-17)32(23(27)33)21-12-7-16(25)13-15(21)14-26/h7,12-13,17-18H,3-6,8-11,14,26H2,1-2H3,(H2,27,33)(H,28,29,30)/t17-,18+. The van der Waals surface area contributed by atoms with Crippen molar-refractivity contribution in [2.75, 3.05) is 29.2 Å². The highest BCUT2D eigenvalue weighted by atomic mass is 79.9. The van der Waals surface area contributed by atoms with E-state index in [1.807, 2.05) is 32.3 Å². The van der Waals surface area contributed by atoms with E-state index in [-0.39, 0.29) is 12.1 Å². The number of nitrogens with one attached hydrogen (secondary N) is 1. The number of urea groups is 1. The Morgan fingerprint density at radius 2 is 1.88 bits per heavy atom. The minimum atomic E-state index is -0.433. The van der Waals surface area contributed by atoms with Crippen molar-refractivity contribution < 1.29 is 4.79 Å². The summed E-state index contributed by atoms with van der Waals surface area (Å²) in [5, 5.41) is 3.57. The number of amides is 2. The van der Waals surface area contributed by atoms with Gasteiger partial charge in [0.2, 0.25) is 5.95 Å². The molecule has 1 heterocycles. The third kappa shape index (κ3) is 5.24. The molecule has 0 saturated heterocycles. The van der Waals surface area contributed by atoms with E-state index in [0.29, 0.717) is 12.5 Å². The van der Waals surface area contributed by atoms with Gasteiger partial charge in [-0.1, -0.05) is 15.9 Å². The Morgan fingerprint density at radius 1 is 1.15 bits per heavy atom. The highest BCUT2D eigenvalue weighted by Crippen LogP contribution is 2.33. The van der Waals surface area contributed by atoms with Crippen LogP contribution in [-0.2, 0) is 19.4 Å². The maximum atomic E-state index is 12.4. The van der Waals surface area contributed by atoms with Crippen LogP contribution in [0, 0.1) is 0 Å². The number of nitrogens with zero attached hydrogens (tertiary/aromatic N) is 4. The van der Waals surface area contributed by atoms with Crippen LogP contribution in [0.3, 0.4) is 0 Å². The van der Waals surface area contributed by atoms with Crippen LogP contribution in [0.25, 0.3) is 0 Å². The van der Waals surface area contributed by atoms with Crippen LogP contribution >= 0.6 is 15.9 Å². The van der Waals surface area contributed by atoms with Gasteiger partial charge < -0.3 is 21.7 Å². The van der Waals surface area contributed by atoms with E-state index in [0.717, 1.165) is 60.1 Å². The summed E-state index contributed by atoms with van der Waals surface area (Å²) in [7, 11) is 4.09. The predicted molar refractivity (Wildman–Crippen MR) is 137 cm³/mol. The van der Waals surface area contributed by atoms with E-state index < -0.39 is 6.03 Å². The lowest BCUT2D eigenvalue weighted by Crippen LogP contribution is -2.47. The first-order chi connectivity index (χ1) is 15.9. The molecule has 8 nitrogen and oxygen atoms in total. The summed E-state index contributed by atoms with van der Waals surface area (Å²) in [5.41, 5.74) is 16.0. The molecule has 1 aromatic heterocycles. The fraction of sp³-hybridized carbons (Fsp3) is 0.542. The van der Waals surface area contributed by atoms with Crippen molar-refractivity contribution in [2.24, 2.45) is 11.5 Å². The summed E-state index contributed by atoms with van der Waals surface area (Å²) in [4.78, 5) is 25.9. The van der Waals surface area contributed by atoms with Crippen molar-refractivity contribution in [1.29, 1.82) is 0 Å². The average molecular weight is 516 g/mol. The second kappa shape index (κ2) is 10.3. The molecule has 0 radical (unpaired) electrons. The Bertz CT molecular complexity index is 1000. The van der Waals surface area contributed by atoms with E-state index in [1.54, 1.807) is 4.90 Å². The summed E-state index contributed by atoms with van der Waals surface area (Å²) < 4.78 is 0.936. The lowest BCUT2D eigenvalue weighted by molar-refractivity contribution is 0.248. The minimum absolute atomic E-state index is 0.0498. The summed E-state index contributed by atoms with van der Waals surface area (Å²) in [6.45, 7) is 0.347. The largest absolute Gasteiger partial charge is 0.362 e. The Kier molecular flexibility index (Phi) is 7.38. The molecule has 0 spiro atoms. The molecule has 2 aromatic rings. The number of primary amides is 1. The summed E-state index contributed by atoms with van der Waals surface area (Å²) in [6.07, 6.45) is 8.00. The molecule has 2 amide bonds. The van der Waals surface area contributed by atoms with Gasteiger partial charge in [-0.2, -0.15) is 4.98 Å². The fourth-order valence-electron chi connectivity index (χ4n) is 5.12. The molecule has 1 aromatic carbocycles. The molecule has 178 valence electrons. The lowest BCUT2D eigenvalue weighted by Gasteiger charge is -2.37. The topological polar surface area (TPSA) is 113 Å². The van der Waals surface area contributed by atoms with E-state index in [4.69, 9.17) is 21.4 Å². The average Bonchev–Trinajstić information content (AvgIpc) is 2.80. The van der Waals surface area contributed by atoms with Gasteiger partial charge in [0.1, 0.15) is 5.82 Å². The van der Waals surface area contributed by atoms with Gasteiger partial charge in [-0.25, -0.2) is 9.78 Å². The Hall–Kier alpha value is -2.39. The van der Waals surface area contributed by atoms with Crippen molar-refractivity contribution >= 4 is 39.4 Å². The van der Waals surface area contributed by atoms with Gasteiger partial charge in [0, 0.05) is 42.8 Å². The van der Waals surface area contributed by atoms with E-state index in [9.17, 15) is 4.79 Å². The number of hydrogen-bond acceptors (Lipinski definition) is 6. The molecule has 0 atom stereocenters. The number of carbonyl (C=O) groups excluding carboxylic acids is 1. The number of aromatic nitrogens is 2. The Balaban J connectivity index is 1.47.